The van der Waals surface area contributed by atoms with Gasteiger partial charge in [-0.3, -0.25) is 4.79 Å². The lowest BCUT2D eigenvalue weighted by atomic mass is 10.2. The van der Waals surface area contributed by atoms with Crippen molar-refractivity contribution < 1.29 is 4.79 Å². The number of carbonyl (C=O) groups is 1. The summed E-state index contributed by atoms with van der Waals surface area (Å²) in [6.07, 6.45) is 13.8. The zero-order valence-electron chi connectivity index (χ0n) is 8.90. The number of rotatable bonds is 6. The number of Topliss-reactive ketones (excluding diaryl/α,β-unsaturated/α-hetero) is 1. The molecular formula is C12H19ClO. The van der Waals surface area contributed by atoms with Crippen LogP contribution < -0.4 is 0 Å². The molecule has 0 aromatic rings. The molecular weight excluding hydrogens is 196 g/mol. The van der Waals surface area contributed by atoms with Crippen molar-refractivity contribution in [3.63, 3.8) is 0 Å². The van der Waals surface area contributed by atoms with Crippen molar-refractivity contribution in [3.05, 3.63) is 36.5 Å². The molecule has 0 atom stereocenters. The Morgan fingerprint density at radius 2 is 1.79 bits per heavy atom. The Morgan fingerprint density at radius 3 is 2.36 bits per heavy atom. The van der Waals surface area contributed by atoms with Crippen molar-refractivity contribution in [1.29, 1.82) is 0 Å². The molecule has 0 bridgehead atoms. The summed E-state index contributed by atoms with van der Waals surface area (Å²) < 4.78 is 0. The predicted octanol–water partition coefficient (Wildman–Crippen LogP) is 3.86. The second kappa shape index (κ2) is 12.2. The maximum atomic E-state index is 11.0. The Kier molecular flexibility index (Phi) is 13.6. The van der Waals surface area contributed by atoms with E-state index in [4.69, 9.17) is 0 Å². The van der Waals surface area contributed by atoms with Crippen LogP contribution in [0.3, 0.4) is 0 Å². The van der Waals surface area contributed by atoms with Crippen molar-refractivity contribution >= 4 is 18.2 Å². The lowest BCUT2D eigenvalue weighted by Crippen LogP contribution is -1.92. The Labute approximate surface area is 93.0 Å². The standard InChI is InChI=1S/C12H18O.ClH/c1-3-5-6-7-8-9-11-12(13)10-4-2;/h3,5-9H,4,10-11H2,1-2H3;1H. The number of hydrogen-bond donors (Lipinski definition) is 0. The molecule has 0 aromatic carbocycles. The van der Waals surface area contributed by atoms with Gasteiger partial charge in [0.25, 0.3) is 0 Å². The van der Waals surface area contributed by atoms with Gasteiger partial charge in [-0.2, -0.15) is 0 Å². The fourth-order valence-corrected chi connectivity index (χ4v) is 0.898. The normalized spacial score (nSPS) is 11.3. The number of carbonyl (C=O) groups excluding carboxylic acids is 1. The maximum Gasteiger partial charge on any atom is 0.136 e. The first-order valence-electron chi connectivity index (χ1n) is 4.77. The van der Waals surface area contributed by atoms with Gasteiger partial charge < -0.3 is 0 Å². The average molecular weight is 215 g/mol. The van der Waals surface area contributed by atoms with Gasteiger partial charge in [0, 0.05) is 12.8 Å². The second-order valence-electron chi connectivity index (χ2n) is 2.83. The summed E-state index contributed by atoms with van der Waals surface area (Å²) in [6.45, 7) is 3.99. The maximum absolute atomic E-state index is 11.0. The van der Waals surface area contributed by atoms with Crippen LogP contribution >= 0.6 is 12.4 Å². The van der Waals surface area contributed by atoms with E-state index < -0.39 is 0 Å². The van der Waals surface area contributed by atoms with E-state index in [1.54, 1.807) is 0 Å². The summed E-state index contributed by atoms with van der Waals surface area (Å²) in [6, 6.07) is 0. The fraction of sp³-hybridized carbons (Fsp3) is 0.417. The minimum absolute atomic E-state index is 0. The van der Waals surface area contributed by atoms with E-state index >= 15 is 0 Å². The first-order valence-corrected chi connectivity index (χ1v) is 4.77. The highest BCUT2D eigenvalue weighted by molar-refractivity contribution is 5.85. The highest BCUT2D eigenvalue weighted by Crippen LogP contribution is 1.95. The molecule has 0 amide bonds. The van der Waals surface area contributed by atoms with Crippen molar-refractivity contribution in [3.8, 4) is 0 Å². The molecule has 0 aromatic heterocycles. The van der Waals surface area contributed by atoms with Crippen LogP contribution in [0.5, 0.6) is 0 Å². The largest absolute Gasteiger partial charge is 0.299 e. The summed E-state index contributed by atoms with van der Waals surface area (Å²) >= 11 is 0. The van der Waals surface area contributed by atoms with Gasteiger partial charge in [-0.25, -0.2) is 0 Å². The molecule has 0 rings (SSSR count). The topological polar surface area (TPSA) is 17.1 Å². The molecule has 0 fully saturated rings. The Hall–Kier alpha value is -0.820. The molecule has 0 aliphatic heterocycles. The van der Waals surface area contributed by atoms with Gasteiger partial charge in [0.2, 0.25) is 0 Å². The van der Waals surface area contributed by atoms with Crippen molar-refractivity contribution in [2.75, 3.05) is 0 Å². The van der Waals surface area contributed by atoms with Gasteiger partial charge in [-0.15, -0.1) is 12.4 Å². The van der Waals surface area contributed by atoms with E-state index in [0.717, 1.165) is 6.42 Å². The molecule has 0 N–H and O–H groups in total. The first kappa shape index (κ1) is 15.6. The summed E-state index contributed by atoms with van der Waals surface area (Å²) in [5.41, 5.74) is 0. The highest BCUT2D eigenvalue weighted by atomic mass is 35.5. The van der Waals surface area contributed by atoms with Crippen LogP contribution in [-0.2, 0) is 4.79 Å². The van der Waals surface area contributed by atoms with Crippen LogP contribution in [0.2, 0.25) is 0 Å². The number of halogens is 1. The van der Waals surface area contributed by atoms with Gasteiger partial charge in [-0.05, 0) is 13.3 Å². The van der Waals surface area contributed by atoms with Gasteiger partial charge in [-0.1, -0.05) is 43.4 Å². The third kappa shape index (κ3) is 11.2. The summed E-state index contributed by atoms with van der Waals surface area (Å²) in [5, 5.41) is 0. The SMILES string of the molecule is CC=CC=CC=CCC(=O)CCC.Cl. The van der Waals surface area contributed by atoms with E-state index in [1.807, 2.05) is 50.3 Å². The monoisotopic (exact) mass is 214 g/mol. The highest BCUT2D eigenvalue weighted by Gasteiger charge is 1.94. The van der Waals surface area contributed by atoms with Gasteiger partial charge >= 0.3 is 0 Å². The molecule has 0 spiro atoms. The van der Waals surface area contributed by atoms with Crippen molar-refractivity contribution in [1.82, 2.24) is 0 Å². The molecule has 2 heteroatoms. The molecule has 80 valence electrons. The Morgan fingerprint density at radius 1 is 1.14 bits per heavy atom. The third-order valence-electron chi connectivity index (χ3n) is 1.54. The molecule has 0 aliphatic carbocycles. The molecule has 0 aliphatic rings. The molecule has 0 heterocycles. The summed E-state index contributed by atoms with van der Waals surface area (Å²) in [5.74, 6) is 0.318. The van der Waals surface area contributed by atoms with E-state index in [0.29, 0.717) is 18.6 Å². The molecule has 0 radical (unpaired) electrons. The zero-order chi connectivity index (χ0) is 9.94. The van der Waals surface area contributed by atoms with E-state index in [-0.39, 0.29) is 12.4 Å². The first-order chi connectivity index (χ1) is 6.31. The fourth-order valence-electron chi connectivity index (χ4n) is 0.898. The zero-order valence-corrected chi connectivity index (χ0v) is 9.72. The lowest BCUT2D eigenvalue weighted by Gasteiger charge is -1.90. The van der Waals surface area contributed by atoms with E-state index in [2.05, 4.69) is 0 Å². The Bertz CT molecular complexity index is 214. The van der Waals surface area contributed by atoms with E-state index in [9.17, 15) is 4.79 Å². The van der Waals surface area contributed by atoms with E-state index in [1.165, 1.54) is 0 Å². The van der Waals surface area contributed by atoms with Crippen LogP contribution in [0.1, 0.15) is 33.1 Å². The molecule has 0 saturated carbocycles. The number of ketones is 1. The Balaban J connectivity index is 0. The number of hydrogen-bond acceptors (Lipinski definition) is 1. The minimum atomic E-state index is 0. The third-order valence-corrected chi connectivity index (χ3v) is 1.54. The molecule has 14 heavy (non-hydrogen) atoms. The van der Waals surface area contributed by atoms with Gasteiger partial charge in [0.1, 0.15) is 5.78 Å². The smallest absolute Gasteiger partial charge is 0.136 e. The summed E-state index contributed by atoms with van der Waals surface area (Å²) in [7, 11) is 0. The number of allylic oxidation sites excluding steroid dienone is 6. The van der Waals surface area contributed by atoms with Gasteiger partial charge in [0.15, 0.2) is 0 Å². The van der Waals surface area contributed by atoms with Gasteiger partial charge in [0.05, 0.1) is 0 Å². The molecule has 1 nitrogen and oxygen atoms in total. The second-order valence-corrected chi connectivity index (χ2v) is 2.83. The van der Waals surface area contributed by atoms with Crippen LogP contribution in [0.25, 0.3) is 0 Å². The minimum Gasteiger partial charge on any atom is -0.299 e. The van der Waals surface area contributed by atoms with Crippen LogP contribution in [0.4, 0.5) is 0 Å². The van der Waals surface area contributed by atoms with Crippen molar-refractivity contribution in [2.24, 2.45) is 0 Å². The van der Waals surface area contributed by atoms with Crippen LogP contribution in [0, 0.1) is 0 Å². The average Bonchev–Trinajstić information content (AvgIpc) is 2.11. The van der Waals surface area contributed by atoms with Crippen LogP contribution in [-0.4, -0.2) is 5.78 Å². The summed E-state index contributed by atoms with van der Waals surface area (Å²) in [4.78, 5) is 11.0. The predicted molar refractivity (Wildman–Crippen MR) is 64.9 cm³/mol. The van der Waals surface area contributed by atoms with Crippen molar-refractivity contribution in [2.45, 2.75) is 33.1 Å². The molecule has 0 saturated heterocycles. The van der Waals surface area contributed by atoms with Crippen LogP contribution in [0.15, 0.2) is 36.5 Å². The lowest BCUT2D eigenvalue weighted by molar-refractivity contribution is -0.118. The quantitative estimate of drug-likeness (QED) is 0.614. The molecule has 0 unspecified atom stereocenters.